The van der Waals surface area contributed by atoms with E-state index >= 15 is 0 Å². The largest absolute Gasteiger partial charge is 0.416 e. The molecular formula is C25H22F3N5O3S2. The Morgan fingerprint density at radius 2 is 1.82 bits per heavy atom. The number of pyridine rings is 1. The summed E-state index contributed by atoms with van der Waals surface area (Å²) in [6.45, 7) is 1.27. The number of rotatable bonds is 6. The number of nitrogens with one attached hydrogen (secondary N) is 2. The number of benzene rings is 2. The van der Waals surface area contributed by atoms with Crippen LogP contribution in [0.1, 0.15) is 28.8 Å². The van der Waals surface area contributed by atoms with Crippen molar-refractivity contribution in [2.75, 3.05) is 22.7 Å². The molecule has 0 aliphatic carbocycles. The molecule has 2 aromatic carbocycles. The first-order chi connectivity index (χ1) is 18.1. The molecule has 1 saturated heterocycles. The highest BCUT2D eigenvalue weighted by Gasteiger charge is 2.33. The molecule has 0 bridgehead atoms. The fourth-order valence-electron chi connectivity index (χ4n) is 4.19. The van der Waals surface area contributed by atoms with Gasteiger partial charge in [0, 0.05) is 31.5 Å². The summed E-state index contributed by atoms with van der Waals surface area (Å²) in [7, 11) is -4.29. The first kappa shape index (κ1) is 25.9. The summed E-state index contributed by atoms with van der Waals surface area (Å²) in [5.41, 5.74) is -0.833. The highest BCUT2D eigenvalue weighted by atomic mass is 32.2. The molecule has 0 saturated carbocycles. The number of alkyl halides is 3. The lowest BCUT2D eigenvalue weighted by Gasteiger charge is -2.32. The van der Waals surface area contributed by atoms with Gasteiger partial charge in [0.1, 0.15) is 4.90 Å². The molecule has 5 rings (SSSR count). The second kappa shape index (κ2) is 10.2. The molecular weight excluding hydrogens is 539 g/mol. The third-order valence-corrected chi connectivity index (χ3v) is 8.61. The molecule has 2 aromatic heterocycles. The molecule has 38 heavy (non-hydrogen) atoms. The zero-order chi connectivity index (χ0) is 26.9. The average Bonchev–Trinajstić information content (AvgIpc) is 3.33. The van der Waals surface area contributed by atoms with Gasteiger partial charge in [-0.1, -0.05) is 23.5 Å². The van der Waals surface area contributed by atoms with Crippen molar-refractivity contribution >= 4 is 48.3 Å². The number of anilines is 2. The summed E-state index contributed by atoms with van der Waals surface area (Å²) in [6, 6.07) is 12.6. The number of hydrogen-bond donors (Lipinski definition) is 2. The van der Waals surface area contributed by atoms with Gasteiger partial charge in [-0.2, -0.15) is 13.2 Å². The first-order valence-electron chi connectivity index (χ1n) is 11.7. The minimum atomic E-state index is -4.73. The second-order valence-corrected chi connectivity index (χ2v) is 11.4. The fraction of sp³-hybridized carbons (Fsp3) is 0.240. The molecule has 4 aromatic rings. The van der Waals surface area contributed by atoms with E-state index in [2.05, 4.69) is 24.9 Å². The van der Waals surface area contributed by atoms with Gasteiger partial charge < -0.3 is 10.2 Å². The Morgan fingerprint density at radius 1 is 1.05 bits per heavy atom. The topological polar surface area (TPSA) is 104 Å². The van der Waals surface area contributed by atoms with Crippen LogP contribution in [0.5, 0.6) is 0 Å². The SMILES string of the molecule is O=C(NC1CCN(c2nc3ccccc3s2)CC1)c1ccc(C(F)(F)F)cc1NS(=O)(=O)c1cccnc1. The predicted molar refractivity (Wildman–Crippen MR) is 139 cm³/mol. The van der Waals surface area contributed by atoms with Crippen molar-refractivity contribution in [1.29, 1.82) is 0 Å². The number of aromatic nitrogens is 2. The number of thiazole rings is 1. The van der Waals surface area contributed by atoms with Crippen LogP contribution in [0.25, 0.3) is 10.2 Å². The van der Waals surface area contributed by atoms with E-state index in [9.17, 15) is 26.4 Å². The van der Waals surface area contributed by atoms with Gasteiger partial charge in [0.25, 0.3) is 15.9 Å². The number of nitrogens with zero attached hydrogens (tertiary/aromatic N) is 3. The summed E-state index contributed by atoms with van der Waals surface area (Å²) in [5, 5.41) is 3.74. The van der Waals surface area contributed by atoms with Crippen LogP contribution in [-0.4, -0.2) is 43.4 Å². The molecule has 1 aliphatic heterocycles. The molecule has 13 heteroatoms. The molecule has 1 fully saturated rings. The van der Waals surface area contributed by atoms with Crippen LogP contribution in [0.3, 0.4) is 0 Å². The third kappa shape index (κ3) is 5.58. The summed E-state index contributed by atoms with van der Waals surface area (Å²) >= 11 is 1.59. The molecule has 1 aliphatic rings. The number of carbonyl (C=O) groups excluding carboxylic acids is 1. The first-order valence-corrected chi connectivity index (χ1v) is 14.0. The lowest BCUT2D eigenvalue weighted by atomic mass is 10.0. The van der Waals surface area contributed by atoms with Crippen LogP contribution < -0.4 is 14.9 Å². The summed E-state index contributed by atoms with van der Waals surface area (Å²) in [5.74, 6) is -0.666. The molecule has 198 valence electrons. The van der Waals surface area contributed by atoms with E-state index in [1.807, 2.05) is 24.3 Å². The Bertz CT molecular complexity index is 1540. The van der Waals surface area contributed by atoms with E-state index in [4.69, 9.17) is 0 Å². The maximum Gasteiger partial charge on any atom is 0.416 e. The van der Waals surface area contributed by atoms with Crippen LogP contribution in [0.2, 0.25) is 0 Å². The number of carbonyl (C=O) groups is 1. The van der Waals surface area contributed by atoms with Crippen molar-refractivity contribution in [2.45, 2.75) is 30.0 Å². The maximum atomic E-state index is 13.4. The zero-order valence-corrected chi connectivity index (χ0v) is 21.4. The van der Waals surface area contributed by atoms with Crippen LogP contribution in [-0.2, 0) is 16.2 Å². The smallest absolute Gasteiger partial charge is 0.349 e. The van der Waals surface area contributed by atoms with Gasteiger partial charge in [0.05, 0.1) is 27.0 Å². The van der Waals surface area contributed by atoms with Crippen molar-refractivity contribution in [3.8, 4) is 0 Å². The molecule has 1 amide bonds. The molecule has 0 atom stereocenters. The van der Waals surface area contributed by atoms with Crippen molar-refractivity contribution in [2.24, 2.45) is 0 Å². The number of para-hydroxylation sites is 1. The molecule has 8 nitrogen and oxygen atoms in total. The van der Waals surface area contributed by atoms with Gasteiger partial charge in [-0.3, -0.25) is 14.5 Å². The van der Waals surface area contributed by atoms with Crippen molar-refractivity contribution in [3.63, 3.8) is 0 Å². The van der Waals surface area contributed by atoms with E-state index in [1.165, 1.54) is 18.3 Å². The highest BCUT2D eigenvalue weighted by molar-refractivity contribution is 7.92. The monoisotopic (exact) mass is 561 g/mol. The van der Waals surface area contributed by atoms with Crippen LogP contribution >= 0.6 is 11.3 Å². The minimum absolute atomic E-state index is 0.209. The number of sulfonamides is 1. The van der Waals surface area contributed by atoms with Gasteiger partial charge >= 0.3 is 6.18 Å². The standard InChI is InChI=1S/C25H22F3N5O3S2/c26-25(27,28)16-7-8-19(21(14-16)32-38(35,36)18-4-3-11-29-15-18)23(34)30-17-9-12-33(13-10-17)24-31-20-5-1-2-6-22(20)37-24/h1-8,11,14-15,17,32H,9-10,12-13H2,(H,30,34). The molecule has 0 radical (unpaired) electrons. The minimum Gasteiger partial charge on any atom is -0.349 e. The maximum absolute atomic E-state index is 13.4. The van der Waals surface area contributed by atoms with Crippen LogP contribution in [0.4, 0.5) is 24.0 Å². The van der Waals surface area contributed by atoms with E-state index in [-0.39, 0.29) is 16.5 Å². The lowest BCUT2D eigenvalue weighted by molar-refractivity contribution is -0.137. The van der Waals surface area contributed by atoms with E-state index in [0.717, 1.165) is 33.7 Å². The van der Waals surface area contributed by atoms with Crippen molar-refractivity contribution in [1.82, 2.24) is 15.3 Å². The number of fused-ring (bicyclic) bond motifs is 1. The van der Waals surface area contributed by atoms with Crippen molar-refractivity contribution in [3.05, 3.63) is 78.1 Å². The van der Waals surface area contributed by atoms with E-state index < -0.39 is 33.4 Å². The molecule has 0 spiro atoms. The lowest BCUT2D eigenvalue weighted by Crippen LogP contribution is -2.44. The fourth-order valence-corrected chi connectivity index (χ4v) is 6.24. The number of piperidine rings is 1. The Labute approximate surface area is 220 Å². The Hall–Kier alpha value is -3.71. The number of amides is 1. The second-order valence-electron chi connectivity index (χ2n) is 8.75. The van der Waals surface area contributed by atoms with Gasteiger partial charge in [-0.25, -0.2) is 13.4 Å². The van der Waals surface area contributed by atoms with Crippen molar-refractivity contribution < 1.29 is 26.4 Å². The molecule has 0 unspecified atom stereocenters. The zero-order valence-electron chi connectivity index (χ0n) is 19.8. The van der Waals surface area contributed by atoms with E-state index in [0.29, 0.717) is 32.0 Å². The quantitative estimate of drug-likeness (QED) is 0.347. The van der Waals surface area contributed by atoms with Gasteiger partial charge in [-0.15, -0.1) is 0 Å². The van der Waals surface area contributed by atoms with Gasteiger partial charge in [0.15, 0.2) is 5.13 Å². The van der Waals surface area contributed by atoms with Crippen LogP contribution in [0.15, 0.2) is 71.9 Å². The Kier molecular flexibility index (Phi) is 6.97. The Balaban J connectivity index is 1.32. The average molecular weight is 562 g/mol. The summed E-state index contributed by atoms with van der Waals surface area (Å²) in [4.78, 5) is 23.4. The predicted octanol–water partition coefficient (Wildman–Crippen LogP) is 4.91. The molecule has 2 N–H and O–H groups in total. The van der Waals surface area contributed by atoms with Gasteiger partial charge in [-0.05, 0) is 55.3 Å². The van der Waals surface area contributed by atoms with Crippen LogP contribution in [0, 0.1) is 0 Å². The highest BCUT2D eigenvalue weighted by Crippen LogP contribution is 2.34. The van der Waals surface area contributed by atoms with E-state index in [1.54, 1.807) is 11.3 Å². The normalized spacial score (nSPS) is 15.0. The van der Waals surface area contributed by atoms with Gasteiger partial charge in [0.2, 0.25) is 0 Å². The number of hydrogen-bond acceptors (Lipinski definition) is 7. The molecule has 3 heterocycles. The number of halogens is 3. The summed E-state index contributed by atoms with van der Waals surface area (Å²) in [6.07, 6.45) is -1.10. The Morgan fingerprint density at radius 3 is 2.50 bits per heavy atom. The third-order valence-electron chi connectivity index (χ3n) is 6.16. The summed E-state index contributed by atoms with van der Waals surface area (Å²) < 4.78 is 68.9.